The molecule has 1 aromatic carbocycles. The summed E-state index contributed by atoms with van der Waals surface area (Å²) >= 11 is 0. The Hall–Kier alpha value is -4.07. The molecule has 0 radical (unpaired) electrons. The third-order valence-electron chi connectivity index (χ3n) is 8.16. The summed E-state index contributed by atoms with van der Waals surface area (Å²) < 4.78 is 57.1. The summed E-state index contributed by atoms with van der Waals surface area (Å²) in [5, 5.41) is 0. The van der Waals surface area contributed by atoms with Crippen molar-refractivity contribution in [2.75, 3.05) is 0 Å². The summed E-state index contributed by atoms with van der Waals surface area (Å²) in [6, 6.07) is 11.6. The van der Waals surface area contributed by atoms with Crippen LogP contribution in [0, 0.1) is 27.7 Å². The zero-order valence-corrected chi connectivity index (χ0v) is 25.1. The van der Waals surface area contributed by atoms with Gasteiger partial charge in [-0.25, -0.2) is 0 Å². The maximum atomic E-state index is 13.8. The van der Waals surface area contributed by atoms with Crippen LogP contribution in [0.3, 0.4) is 0 Å². The Kier molecular flexibility index (Phi) is 7.68. The zero-order valence-electron chi connectivity index (χ0n) is 25.1. The number of aliphatic imine (C=N–C) groups is 2. The fourth-order valence-corrected chi connectivity index (χ4v) is 6.19. The molecule has 0 spiro atoms. The number of benzene rings is 1. The molecule has 0 bridgehead atoms. The average Bonchev–Trinajstić information content (AvgIpc) is 3.55. The Morgan fingerprint density at radius 2 is 0.905 bits per heavy atom. The molecule has 10 heteroatoms. The molecular weight excluding hydrogens is 538 g/mol. The topological polar surface area (TPSA) is 34.6 Å². The second kappa shape index (κ2) is 11.0. The maximum Gasteiger partial charge on any atom is 0.677 e. The van der Waals surface area contributed by atoms with E-state index in [1.165, 1.54) is 0 Å². The van der Waals surface area contributed by atoms with Crippen molar-refractivity contribution in [2.45, 2.75) is 55.4 Å². The molecule has 0 saturated carbocycles. The lowest BCUT2D eigenvalue weighted by Crippen LogP contribution is -2.16. The molecule has 0 fully saturated rings. The van der Waals surface area contributed by atoms with Crippen molar-refractivity contribution in [3.8, 4) is 0 Å². The highest BCUT2D eigenvalue weighted by Crippen LogP contribution is 2.37. The van der Waals surface area contributed by atoms with E-state index in [0.29, 0.717) is 34.2 Å². The second-order valence-corrected chi connectivity index (χ2v) is 11.0. The van der Waals surface area contributed by atoms with Gasteiger partial charge in [0.2, 0.25) is 0 Å². The van der Waals surface area contributed by atoms with E-state index in [1.54, 1.807) is 38.1 Å². The fourth-order valence-electron chi connectivity index (χ4n) is 6.19. The molecule has 0 N–H and O–H groups in total. The fraction of sp³-hybridized carbons (Fsp3) is 0.250. The van der Waals surface area contributed by atoms with Gasteiger partial charge in [0.15, 0.2) is 0 Å². The van der Waals surface area contributed by atoms with E-state index in [-0.39, 0.29) is 0 Å². The van der Waals surface area contributed by atoms with E-state index in [2.05, 4.69) is 0 Å². The van der Waals surface area contributed by atoms with Crippen LogP contribution >= 0.6 is 0 Å². The lowest BCUT2D eigenvalue weighted by Gasteiger charge is -2.10. The molecule has 0 unspecified atom stereocenters. The largest absolute Gasteiger partial charge is 0.677 e. The van der Waals surface area contributed by atoms with Crippen LogP contribution in [0.4, 0.5) is 17.3 Å². The van der Waals surface area contributed by atoms with E-state index >= 15 is 0 Å². The van der Waals surface area contributed by atoms with Crippen LogP contribution in [0.5, 0.6) is 0 Å². The number of rotatable bonds is 6. The van der Waals surface area contributed by atoms with E-state index in [0.717, 1.165) is 64.9 Å². The van der Waals surface area contributed by atoms with E-state index in [9.17, 15) is 17.3 Å². The summed E-state index contributed by atoms with van der Waals surface area (Å²) in [4.78, 5) is 9.46. The van der Waals surface area contributed by atoms with Crippen LogP contribution in [-0.2, 0) is 0 Å². The van der Waals surface area contributed by atoms with E-state index < -0.39 is 14.8 Å². The Balaban J connectivity index is 1.49. The molecule has 3 aromatic rings. The van der Waals surface area contributed by atoms with Gasteiger partial charge in [0.05, 0.1) is 11.4 Å². The van der Waals surface area contributed by atoms with Gasteiger partial charge < -0.3 is 8.96 Å². The highest BCUT2D eigenvalue weighted by Gasteiger charge is 2.27. The van der Waals surface area contributed by atoms with Gasteiger partial charge in [0.25, 0.3) is 0 Å². The number of aryl methyl sites for hydroxylation is 4. The summed E-state index contributed by atoms with van der Waals surface area (Å²) in [5.41, 5.74) is 12.2. The lowest BCUT2D eigenvalue weighted by atomic mass is 9.93. The first-order valence-corrected chi connectivity index (χ1v) is 13.8. The molecule has 2 aromatic heterocycles. The second-order valence-electron chi connectivity index (χ2n) is 11.0. The molecule has 5 rings (SSSR count). The summed E-state index contributed by atoms with van der Waals surface area (Å²) in [5.74, 6) is 0. The van der Waals surface area contributed by atoms with Gasteiger partial charge in [-0.15, -0.1) is 0 Å². The predicted molar refractivity (Wildman–Crippen MR) is 168 cm³/mol. The first-order valence-electron chi connectivity index (χ1n) is 13.8. The van der Waals surface area contributed by atoms with Crippen molar-refractivity contribution in [2.24, 2.45) is 9.98 Å². The number of hydrogen-bond acceptors (Lipinski definition) is 2. The van der Waals surface area contributed by atoms with Crippen LogP contribution in [0.15, 0.2) is 68.9 Å². The van der Waals surface area contributed by atoms with Crippen LogP contribution in [-0.4, -0.2) is 35.2 Å². The third kappa shape index (κ3) is 4.97. The molecule has 0 aliphatic carbocycles. The Bertz CT molecular complexity index is 1660. The van der Waals surface area contributed by atoms with Crippen molar-refractivity contribution in [1.29, 1.82) is 0 Å². The quantitative estimate of drug-likeness (QED) is 0.210. The molecule has 0 atom stereocenters. The van der Waals surface area contributed by atoms with E-state index in [1.807, 2.05) is 65.8 Å². The number of hydrogen-bond donors (Lipinski definition) is 0. The molecule has 0 saturated heterocycles. The van der Waals surface area contributed by atoms with Gasteiger partial charge >= 0.3 is 14.8 Å². The molecule has 4 nitrogen and oxygen atoms in total. The van der Waals surface area contributed by atoms with Crippen molar-refractivity contribution in [3.05, 3.63) is 104 Å². The first kappa shape index (κ1) is 29.4. The van der Waals surface area contributed by atoms with Crippen molar-refractivity contribution in [3.63, 3.8) is 0 Å². The number of halogens is 4. The van der Waals surface area contributed by atoms with E-state index in [4.69, 9.17) is 9.98 Å². The molecule has 214 valence electrons. The predicted octanol–water partition coefficient (Wildman–Crippen LogP) is 8.65. The Morgan fingerprint density at radius 1 is 0.571 bits per heavy atom. The molecule has 2 aliphatic rings. The van der Waals surface area contributed by atoms with Gasteiger partial charge in [-0.2, -0.15) is 0 Å². The van der Waals surface area contributed by atoms with Crippen LogP contribution in [0.2, 0.25) is 0 Å². The van der Waals surface area contributed by atoms with Gasteiger partial charge in [0, 0.05) is 45.3 Å². The minimum Gasteiger partial charge on any atom is -0.329 e. The van der Waals surface area contributed by atoms with Gasteiger partial charge in [-0.3, -0.25) is 27.2 Å². The first-order chi connectivity index (χ1) is 19.8. The standard InChI is InChI=1S/C32H32B2F4N4/c1-17-13-19(3)41(33(35)36)29(17)15-27-21(5)31(23(7)39-27)25-9-11-26(12-10-25)32-22(6)28(40-24(32)8)16-30-18(2)14-20(4)42(30)34(37)38/h9-16H,1-8H3/b27-15-,28-16-. The molecule has 2 aliphatic heterocycles. The molecule has 42 heavy (non-hydrogen) atoms. The maximum absolute atomic E-state index is 13.8. The van der Waals surface area contributed by atoms with Crippen LogP contribution in [0.25, 0.3) is 23.3 Å². The molecule has 0 amide bonds. The summed E-state index contributed by atoms with van der Waals surface area (Å²) in [6.07, 6.45) is 3.48. The smallest absolute Gasteiger partial charge is 0.329 e. The van der Waals surface area contributed by atoms with Crippen molar-refractivity contribution >= 4 is 49.5 Å². The Labute approximate surface area is 245 Å². The minimum atomic E-state index is -2.63. The van der Waals surface area contributed by atoms with Gasteiger partial charge in [-0.05, 0) is 113 Å². The summed E-state index contributed by atoms with van der Waals surface area (Å²) in [6.45, 7) is 14.8. The number of aromatic nitrogens is 2. The average molecular weight is 570 g/mol. The summed E-state index contributed by atoms with van der Waals surface area (Å²) in [7, 11) is -5.26. The Morgan fingerprint density at radius 3 is 1.21 bits per heavy atom. The monoisotopic (exact) mass is 570 g/mol. The number of allylic oxidation sites excluding steroid dienone is 4. The highest BCUT2D eigenvalue weighted by atomic mass is 19.2. The normalized spacial score (nSPS) is 17.2. The van der Waals surface area contributed by atoms with Crippen molar-refractivity contribution in [1.82, 2.24) is 8.96 Å². The zero-order chi connectivity index (χ0) is 30.6. The third-order valence-corrected chi connectivity index (χ3v) is 8.16. The SMILES string of the molecule is CC1=N/C(=C\c2c(C)cc(C)n2B(F)F)C(C)=C1c1ccc(C2=C(C)/C(=C/c3c(C)cc(C)n3B(F)F)N=C2C)cc1. The highest BCUT2D eigenvalue weighted by molar-refractivity contribution is 6.42. The van der Waals surface area contributed by atoms with Crippen LogP contribution < -0.4 is 0 Å². The lowest BCUT2D eigenvalue weighted by molar-refractivity contribution is 0.623. The van der Waals surface area contributed by atoms with Crippen LogP contribution in [0.1, 0.15) is 72.7 Å². The van der Waals surface area contributed by atoms with Gasteiger partial charge in [-0.1, -0.05) is 24.3 Å². The molecular formula is C32H32B2F4N4. The number of nitrogens with zero attached hydrogens (tertiary/aromatic N) is 4. The molecule has 4 heterocycles. The van der Waals surface area contributed by atoms with Gasteiger partial charge in [0.1, 0.15) is 0 Å². The van der Waals surface area contributed by atoms with Crippen molar-refractivity contribution < 1.29 is 17.3 Å². The minimum absolute atomic E-state index is 0.457.